The predicted molar refractivity (Wildman–Crippen MR) is 80.9 cm³/mol. The van der Waals surface area contributed by atoms with Gasteiger partial charge < -0.3 is 15.6 Å². The van der Waals surface area contributed by atoms with Crippen LogP contribution in [0, 0.1) is 12.7 Å². The second-order valence-electron chi connectivity index (χ2n) is 5.06. The number of halogens is 1. The predicted octanol–water partition coefficient (Wildman–Crippen LogP) is 2.92. The number of benzene rings is 2. The Morgan fingerprint density at radius 3 is 2.57 bits per heavy atom. The van der Waals surface area contributed by atoms with Crippen LogP contribution in [0.15, 0.2) is 42.5 Å². The Hall–Kier alpha value is -1.91. The summed E-state index contributed by atoms with van der Waals surface area (Å²) in [6.07, 6.45) is -1.06. The van der Waals surface area contributed by atoms with Gasteiger partial charge in [-0.05, 0) is 24.6 Å². The van der Waals surface area contributed by atoms with E-state index in [0.29, 0.717) is 5.75 Å². The molecule has 0 aromatic heterocycles. The van der Waals surface area contributed by atoms with Crippen molar-refractivity contribution in [3.8, 4) is 5.75 Å². The quantitative estimate of drug-likeness (QED) is 0.890. The number of methoxy groups -OCH3 is 1. The number of ether oxygens (including phenoxy) is 1. The summed E-state index contributed by atoms with van der Waals surface area (Å²) in [6.45, 7) is 2.18. The summed E-state index contributed by atoms with van der Waals surface area (Å²) >= 11 is 0. The van der Waals surface area contributed by atoms with Crippen molar-refractivity contribution in [2.75, 3.05) is 13.7 Å². The third kappa shape index (κ3) is 3.23. The van der Waals surface area contributed by atoms with Crippen molar-refractivity contribution < 1.29 is 14.2 Å². The fraction of sp³-hybridized carbons (Fsp3) is 0.294. The van der Waals surface area contributed by atoms with Crippen LogP contribution in [0.2, 0.25) is 0 Å². The zero-order valence-corrected chi connectivity index (χ0v) is 12.2. The van der Waals surface area contributed by atoms with Crippen LogP contribution >= 0.6 is 0 Å². The molecule has 2 unspecified atom stereocenters. The first-order valence-electron chi connectivity index (χ1n) is 6.85. The Bertz CT molecular complexity index is 615. The maximum absolute atomic E-state index is 14.1. The highest BCUT2D eigenvalue weighted by atomic mass is 19.1. The summed E-state index contributed by atoms with van der Waals surface area (Å²) in [6, 6.07) is 12.2. The minimum atomic E-state index is -1.06. The zero-order valence-electron chi connectivity index (χ0n) is 12.2. The summed E-state index contributed by atoms with van der Waals surface area (Å²) in [5, 5.41) is 10.6. The van der Waals surface area contributed by atoms with Crippen LogP contribution in [-0.4, -0.2) is 18.8 Å². The summed E-state index contributed by atoms with van der Waals surface area (Å²) in [5.74, 6) is -0.558. The van der Waals surface area contributed by atoms with E-state index in [4.69, 9.17) is 10.5 Å². The van der Waals surface area contributed by atoms with Crippen LogP contribution in [-0.2, 0) is 0 Å². The van der Waals surface area contributed by atoms with Crippen LogP contribution in [0.3, 0.4) is 0 Å². The third-order valence-electron chi connectivity index (χ3n) is 3.63. The molecular weight excluding hydrogens is 269 g/mol. The molecule has 0 aliphatic carbocycles. The average Bonchev–Trinajstić information content (AvgIpc) is 2.47. The first-order chi connectivity index (χ1) is 10.1. The Labute approximate surface area is 124 Å². The second-order valence-corrected chi connectivity index (χ2v) is 5.06. The van der Waals surface area contributed by atoms with Gasteiger partial charge in [-0.1, -0.05) is 35.9 Å². The molecule has 2 aromatic rings. The minimum absolute atomic E-state index is 0.150. The largest absolute Gasteiger partial charge is 0.496 e. The van der Waals surface area contributed by atoms with Gasteiger partial charge in [0, 0.05) is 12.5 Å². The molecule has 0 aliphatic rings. The number of aliphatic hydroxyl groups excluding tert-OH is 1. The van der Waals surface area contributed by atoms with E-state index in [1.165, 1.54) is 13.2 Å². The first-order valence-corrected chi connectivity index (χ1v) is 6.85. The van der Waals surface area contributed by atoms with E-state index in [0.717, 1.165) is 11.1 Å². The normalized spacial score (nSPS) is 13.8. The lowest BCUT2D eigenvalue weighted by Gasteiger charge is -2.24. The molecule has 0 saturated heterocycles. The van der Waals surface area contributed by atoms with Crippen molar-refractivity contribution >= 4 is 0 Å². The summed E-state index contributed by atoms with van der Waals surface area (Å²) in [7, 11) is 1.45. The monoisotopic (exact) mass is 289 g/mol. The molecule has 0 bridgehead atoms. The van der Waals surface area contributed by atoms with Crippen molar-refractivity contribution in [3.05, 3.63) is 65.0 Å². The molecular formula is C17H20FNO2. The van der Waals surface area contributed by atoms with Gasteiger partial charge in [-0.3, -0.25) is 0 Å². The van der Waals surface area contributed by atoms with Crippen molar-refractivity contribution in [1.82, 2.24) is 0 Å². The van der Waals surface area contributed by atoms with E-state index in [1.54, 1.807) is 12.1 Å². The Balaban J connectivity index is 2.44. The van der Waals surface area contributed by atoms with Gasteiger partial charge in [-0.2, -0.15) is 0 Å². The smallest absolute Gasteiger partial charge is 0.132 e. The lowest BCUT2D eigenvalue weighted by Crippen LogP contribution is -2.21. The lowest BCUT2D eigenvalue weighted by atomic mass is 9.88. The SMILES string of the molecule is COc1cccc(F)c1C(O)C(CN)c1cccc(C)c1. The van der Waals surface area contributed by atoms with Crippen LogP contribution < -0.4 is 10.5 Å². The van der Waals surface area contributed by atoms with Gasteiger partial charge in [0.25, 0.3) is 0 Å². The molecule has 0 spiro atoms. The maximum atomic E-state index is 14.1. The van der Waals surface area contributed by atoms with Gasteiger partial charge in [0.1, 0.15) is 11.6 Å². The Kier molecular flexibility index (Phi) is 4.94. The van der Waals surface area contributed by atoms with Gasteiger partial charge >= 0.3 is 0 Å². The van der Waals surface area contributed by atoms with E-state index >= 15 is 0 Å². The van der Waals surface area contributed by atoms with E-state index in [2.05, 4.69) is 0 Å². The van der Waals surface area contributed by atoms with Crippen LogP contribution in [0.4, 0.5) is 4.39 Å². The van der Waals surface area contributed by atoms with Gasteiger partial charge in [-0.15, -0.1) is 0 Å². The molecule has 0 aliphatic heterocycles. The number of hydrogen-bond donors (Lipinski definition) is 2. The van der Waals surface area contributed by atoms with E-state index in [-0.39, 0.29) is 12.1 Å². The molecule has 0 heterocycles. The van der Waals surface area contributed by atoms with Gasteiger partial charge in [0.2, 0.25) is 0 Å². The van der Waals surface area contributed by atoms with Crippen molar-refractivity contribution in [2.24, 2.45) is 5.73 Å². The molecule has 112 valence electrons. The second kappa shape index (κ2) is 6.70. The van der Waals surface area contributed by atoms with E-state index < -0.39 is 17.8 Å². The molecule has 21 heavy (non-hydrogen) atoms. The van der Waals surface area contributed by atoms with Crippen molar-refractivity contribution in [2.45, 2.75) is 18.9 Å². The fourth-order valence-corrected chi connectivity index (χ4v) is 2.53. The minimum Gasteiger partial charge on any atom is -0.496 e. The van der Waals surface area contributed by atoms with E-state index in [1.807, 2.05) is 31.2 Å². The Morgan fingerprint density at radius 1 is 1.24 bits per heavy atom. The number of hydrogen-bond acceptors (Lipinski definition) is 3. The highest BCUT2D eigenvalue weighted by Gasteiger charge is 2.27. The van der Waals surface area contributed by atoms with Crippen molar-refractivity contribution in [3.63, 3.8) is 0 Å². The summed E-state index contributed by atoms with van der Waals surface area (Å²) in [4.78, 5) is 0. The van der Waals surface area contributed by atoms with Crippen LogP contribution in [0.1, 0.15) is 28.7 Å². The highest BCUT2D eigenvalue weighted by Crippen LogP contribution is 2.36. The van der Waals surface area contributed by atoms with Gasteiger partial charge in [-0.25, -0.2) is 4.39 Å². The molecule has 4 heteroatoms. The number of rotatable bonds is 5. The fourth-order valence-electron chi connectivity index (χ4n) is 2.53. The molecule has 2 aromatic carbocycles. The lowest BCUT2D eigenvalue weighted by molar-refractivity contribution is 0.139. The molecule has 3 N–H and O–H groups in total. The molecule has 3 nitrogen and oxygen atoms in total. The number of nitrogens with two attached hydrogens (primary N) is 1. The molecule has 0 amide bonds. The number of aryl methyl sites for hydroxylation is 1. The summed E-state index contributed by atoms with van der Waals surface area (Å²) < 4.78 is 19.3. The molecule has 0 saturated carbocycles. The maximum Gasteiger partial charge on any atom is 0.132 e. The molecule has 0 fully saturated rings. The first kappa shape index (κ1) is 15.5. The Morgan fingerprint density at radius 2 is 1.95 bits per heavy atom. The van der Waals surface area contributed by atoms with Gasteiger partial charge in [0.15, 0.2) is 0 Å². The van der Waals surface area contributed by atoms with Crippen LogP contribution in [0.5, 0.6) is 5.75 Å². The van der Waals surface area contributed by atoms with E-state index in [9.17, 15) is 9.50 Å². The molecule has 2 atom stereocenters. The van der Waals surface area contributed by atoms with Crippen molar-refractivity contribution in [1.29, 1.82) is 0 Å². The zero-order chi connectivity index (χ0) is 15.4. The van der Waals surface area contributed by atoms with Gasteiger partial charge in [0.05, 0.1) is 18.8 Å². The third-order valence-corrected chi connectivity index (χ3v) is 3.63. The average molecular weight is 289 g/mol. The topological polar surface area (TPSA) is 55.5 Å². The molecule has 0 radical (unpaired) electrons. The van der Waals surface area contributed by atoms with Crippen LogP contribution in [0.25, 0.3) is 0 Å². The summed E-state index contributed by atoms with van der Waals surface area (Å²) in [5.41, 5.74) is 7.91. The number of aliphatic hydroxyl groups is 1. The molecule has 2 rings (SSSR count). The highest BCUT2D eigenvalue weighted by molar-refractivity contribution is 5.39. The standard InChI is InChI=1S/C17H20FNO2/c1-11-5-3-6-12(9-11)13(10-19)17(20)16-14(18)7-4-8-15(16)21-2/h3-9,13,17,20H,10,19H2,1-2H3.